The van der Waals surface area contributed by atoms with Crippen LogP contribution in [-0.2, 0) is 16.1 Å². The number of nitrogens with zero attached hydrogens (tertiary/aromatic N) is 2. The predicted molar refractivity (Wildman–Crippen MR) is 114 cm³/mol. The summed E-state index contributed by atoms with van der Waals surface area (Å²) in [5, 5.41) is 2.90. The third-order valence-corrected chi connectivity index (χ3v) is 5.19. The van der Waals surface area contributed by atoms with Crippen molar-refractivity contribution in [1.29, 1.82) is 0 Å². The van der Waals surface area contributed by atoms with Gasteiger partial charge in [-0.15, -0.1) is 0 Å². The van der Waals surface area contributed by atoms with Gasteiger partial charge in [-0.05, 0) is 49.8 Å². The first-order chi connectivity index (χ1) is 14.0. The molecular formula is C23H35N3O3. The zero-order valence-corrected chi connectivity index (χ0v) is 17.9. The number of nitrogens with one attached hydrogen (secondary N) is 1. The summed E-state index contributed by atoms with van der Waals surface area (Å²) in [6.45, 7) is 7.75. The van der Waals surface area contributed by atoms with Crippen molar-refractivity contribution >= 4 is 17.7 Å². The highest BCUT2D eigenvalue weighted by Crippen LogP contribution is 2.14. The molecule has 0 aromatic heterocycles. The van der Waals surface area contributed by atoms with Gasteiger partial charge >= 0.3 is 0 Å². The molecule has 1 saturated heterocycles. The van der Waals surface area contributed by atoms with E-state index in [2.05, 4.69) is 19.2 Å². The van der Waals surface area contributed by atoms with E-state index in [0.717, 1.165) is 57.4 Å². The maximum absolute atomic E-state index is 12.5. The van der Waals surface area contributed by atoms with Crippen LogP contribution in [-0.4, -0.2) is 53.7 Å². The van der Waals surface area contributed by atoms with E-state index in [9.17, 15) is 14.4 Å². The second-order valence-corrected chi connectivity index (χ2v) is 7.71. The SMILES string of the molecule is CCCN(CCC)C(=O)CCCC(=O)NCc1cccc(C(=O)N2CCCC2)c1. The first-order valence-electron chi connectivity index (χ1n) is 11.0. The Kier molecular flexibility index (Phi) is 9.68. The Labute approximate surface area is 174 Å². The van der Waals surface area contributed by atoms with Crippen LogP contribution >= 0.6 is 0 Å². The molecule has 0 bridgehead atoms. The number of amides is 3. The maximum Gasteiger partial charge on any atom is 0.253 e. The molecule has 3 amide bonds. The molecule has 1 N–H and O–H groups in total. The first kappa shape index (κ1) is 22.9. The first-order valence-corrected chi connectivity index (χ1v) is 11.0. The van der Waals surface area contributed by atoms with E-state index in [-0.39, 0.29) is 17.7 Å². The molecule has 1 aliphatic heterocycles. The van der Waals surface area contributed by atoms with Crippen molar-refractivity contribution in [2.24, 2.45) is 0 Å². The summed E-state index contributed by atoms with van der Waals surface area (Å²) < 4.78 is 0. The summed E-state index contributed by atoms with van der Waals surface area (Å²) in [4.78, 5) is 40.7. The van der Waals surface area contributed by atoms with Crippen LogP contribution in [0.2, 0.25) is 0 Å². The minimum atomic E-state index is -0.0633. The van der Waals surface area contributed by atoms with E-state index in [1.165, 1.54) is 0 Å². The lowest BCUT2D eigenvalue weighted by Crippen LogP contribution is -2.32. The fourth-order valence-electron chi connectivity index (χ4n) is 3.67. The minimum Gasteiger partial charge on any atom is -0.352 e. The van der Waals surface area contributed by atoms with Gasteiger partial charge in [-0.25, -0.2) is 0 Å². The van der Waals surface area contributed by atoms with Gasteiger partial charge in [0.05, 0.1) is 0 Å². The van der Waals surface area contributed by atoms with E-state index in [4.69, 9.17) is 0 Å². The number of carbonyl (C=O) groups is 3. The standard InChI is InChI=1S/C23H35N3O3/c1-3-13-25(14-4-2)22(28)12-8-11-21(27)24-18-19-9-7-10-20(17-19)23(29)26-15-5-6-16-26/h7,9-10,17H,3-6,8,11-16,18H2,1-2H3,(H,24,27). The van der Waals surface area contributed by atoms with E-state index in [1.54, 1.807) is 0 Å². The highest BCUT2D eigenvalue weighted by Gasteiger charge is 2.19. The summed E-state index contributed by atoms with van der Waals surface area (Å²) >= 11 is 0. The number of hydrogen-bond acceptors (Lipinski definition) is 3. The molecule has 0 unspecified atom stereocenters. The Morgan fingerprint density at radius 1 is 1.03 bits per heavy atom. The molecule has 2 rings (SSSR count). The zero-order chi connectivity index (χ0) is 21.1. The summed E-state index contributed by atoms with van der Waals surface area (Å²) in [6, 6.07) is 7.46. The summed E-state index contributed by atoms with van der Waals surface area (Å²) in [7, 11) is 0. The molecule has 160 valence electrons. The van der Waals surface area contributed by atoms with Gasteiger partial charge in [0.15, 0.2) is 0 Å². The Morgan fingerprint density at radius 3 is 2.38 bits per heavy atom. The van der Waals surface area contributed by atoms with Crippen LogP contribution in [0.3, 0.4) is 0 Å². The molecule has 6 nitrogen and oxygen atoms in total. The van der Waals surface area contributed by atoms with Gasteiger partial charge < -0.3 is 15.1 Å². The molecule has 29 heavy (non-hydrogen) atoms. The highest BCUT2D eigenvalue weighted by atomic mass is 16.2. The summed E-state index contributed by atoms with van der Waals surface area (Å²) in [5.74, 6) is 0.138. The molecule has 1 aliphatic rings. The number of rotatable bonds is 11. The van der Waals surface area contributed by atoms with E-state index >= 15 is 0 Å². The van der Waals surface area contributed by atoms with Gasteiger partial charge in [0, 0.05) is 51.1 Å². The predicted octanol–water partition coefficient (Wildman–Crippen LogP) is 3.36. The van der Waals surface area contributed by atoms with Gasteiger partial charge in [-0.2, -0.15) is 0 Å². The molecule has 0 radical (unpaired) electrons. The van der Waals surface area contributed by atoms with Crippen molar-refractivity contribution in [2.75, 3.05) is 26.2 Å². The lowest BCUT2D eigenvalue weighted by Gasteiger charge is -2.21. The van der Waals surface area contributed by atoms with Crippen LogP contribution in [0, 0.1) is 0 Å². The third-order valence-electron chi connectivity index (χ3n) is 5.19. The van der Waals surface area contributed by atoms with Crippen LogP contribution in [0.25, 0.3) is 0 Å². The van der Waals surface area contributed by atoms with Crippen molar-refractivity contribution in [2.45, 2.75) is 65.3 Å². The molecule has 0 aliphatic carbocycles. The van der Waals surface area contributed by atoms with Crippen LogP contribution in [0.4, 0.5) is 0 Å². The zero-order valence-electron chi connectivity index (χ0n) is 17.9. The van der Waals surface area contributed by atoms with Crippen molar-refractivity contribution in [3.05, 3.63) is 35.4 Å². The van der Waals surface area contributed by atoms with Crippen molar-refractivity contribution < 1.29 is 14.4 Å². The maximum atomic E-state index is 12.5. The minimum absolute atomic E-state index is 0.0633. The number of likely N-dealkylation sites (tertiary alicyclic amines) is 1. The summed E-state index contributed by atoms with van der Waals surface area (Å²) in [6.07, 6.45) is 5.34. The average Bonchev–Trinajstić information content (AvgIpc) is 3.26. The van der Waals surface area contributed by atoms with Crippen molar-refractivity contribution in [3.8, 4) is 0 Å². The van der Waals surface area contributed by atoms with Crippen molar-refractivity contribution in [1.82, 2.24) is 15.1 Å². The average molecular weight is 402 g/mol. The van der Waals surface area contributed by atoms with Gasteiger partial charge in [-0.1, -0.05) is 26.0 Å². The lowest BCUT2D eigenvalue weighted by atomic mass is 10.1. The topological polar surface area (TPSA) is 69.7 Å². The number of carbonyl (C=O) groups excluding carboxylic acids is 3. The van der Waals surface area contributed by atoms with Gasteiger partial charge in [0.2, 0.25) is 11.8 Å². The van der Waals surface area contributed by atoms with Crippen LogP contribution < -0.4 is 5.32 Å². The Hall–Kier alpha value is -2.37. The van der Waals surface area contributed by atoms with Crippen molar-refractivity contribution in [3.63, 3.8) is 0 Å². The van der Waals surface area contributed by atoms with E-state index in [1.807, 2.05) is 34.1 Å². The second kappa shape index (κ2) is 12.2. The Morgan fingerprint density at radius 2 is 1.72 bits per heavy atom. The largest absolute Gasteiger partial charge is 0.352 e. The fourth-order valence-corrected chi connectivity index (χ4v) is 3.67. The van der Waals surface area contributed by atoms with E-state index in [0.29, 0.717) is 31.4 Å². The fraction of sp³-hybridized carbons (Fsp3) is 0.609. The smallest absolute Gasteiger partial charge is 0.253 e. The molecule has 1 heterocycles. The third kappa shape index (κ3) is 7.52. The van der Waals surface area contributed by atoms with Crippen LogP contribution in [0.15, 0.2) is 24.3 Å². The monoisotopic (exact) mass is 401 g/mol. The van der Waals surface area contributed by atoms with E-state index < -0.39 is 0 Å². The molecule has 1 aromatic rings. The molecule has 0 spiro atoms. The Bertz CT molecular complexity index is 678. The van der Waals surface area contributed by atoms with Gasteiger partial charge in [-0.3, -0.25) is 14.4 Å². The molecular weight excluding hydrogens is 366 g/mol. The van der Waals surface area contributed by atoms with Crippen LogP contribution in [0.5, 0.6) is 0 Å². The quantitative estimate of drug-likeness (QED) is 0.618. The highest BCUT2D eigenvalue weighted by molar-refractivity contribution is 5.94. The number of benzene rings is 1. The molecule has 0 atom stereocenters. The number of hydrogen-bond donors (Lipinski definition) is 1. The molecule has 1 fully saturated rings. The molecule has 1 aromatic carbocycles. The molecule has 0 saturated carbocycles. The van der Waals surface area contributed by atoms with Crippen LogP contribution in [0.1, 0.15) is 74.7 Å². The molecule has 6 heteroatoms. The normalized spacial score (nSPS) is 13.4. The lowest BCUT2D eigenvalue weighted by molar-refractivity contribution is -0.131. The van der Waals surface area contributed by atoms with Gasteiger partial charge in [0.1, 0.15) is 0 Å². The summed E-state index contributed by atoms with van der Waals surface area (Å²) in [5.41, 5.74) is 1.59. The van der Waals surface area contributed by atoms with Gasteiger partial charge in [0.25, 0.3) is 5.91 Å². The Balaban J connectivity index is 1.74. The second-order valence-electron chi connectivity index (χ2n) is 7.71.